The van der Waals surface area contributed by atoms with Crippen LogP contribution in [0.5, 0.6) is 0 Å². The minimum Gasteiger partial charge on any atom is -0.395 e. The van der Waals surface area contributed by atoms with Crippen molar-refractivity contribution in [3.05, 3.63) is 51.7 Å². The number of aliphatic hydroxyl groups excluding tert-OH is 1. The molecule has 1 aromatic carbocycles. The van der Waals surface area contributed by atoms with E-state index >= 15 is 0 Å². The molecule has 3 aromatic rings. The summed E-state index contributed by atoms with van der Waals surface area (Å²) in [6, 6.07) is 7.37. The molecule has 1 amide bonds. The molecule has 0 spiro atoms. The number of thiazole rings is 1. The van der Waals surface area contributed by atoms with Crippen LogP contribution in [0, 0.1) is 13.8 Å². The van der Waals surface area contributed by atoms with Gasteiger partial charge in [0.25, 0.3) is 5.91 Å². The van der Waals surface area contributed by atoms with Gasteiger partial charge in [0.05, 0.1) is 23.5 Å². The van der Waals surface area contributed by atoms with E-state index in [-0.39, 0.29) is 12.5 Å². The van der Waals surface area contributed by atoms with E-state index in [9.17, 15) is 4.79 Å². The maximum atomic E-state index is 12.7. The second kappa shape index (κ2) is 13.2. The highest BCUT2D eigenvalue weighted by Crippen LogP contribution is 2.28. The number of benzene rings is 1. The highest BCUT2D eigenvalue weighted by atomic mass is 35.5. The van der Waals surface area contributed by atoms with Gasteiger partial charge in [-0.1, -0.05) is 35.1 Å². The van der Waals surface area contributed by atoms with Crippen molar-refractivity contribution in [1.82, 2.24) is 19.9 Å². The predicted octanol–water partition coefficient (Wildman–Crippen LogP) is 2.66. The first-order chi connectivity index (χ1) is 17.9. The molecule has 1 fully saturated rings. The Bertz CT molecular complexity index is 1340. The molecule has 5 N–H and O–H groups in total. The zero-order valence-corrected chi connectivity index (χ0v) is 23.0. The first-order valence-electron chi connectivity index (χ1n) is 11.4. The van der Waals surface area contributed by atoms with Gasteiger partial charge in [-0.25, -0.2) is 15.0 Å². The van der Waals surface area contributed by atoms with Gasteiger partial charge in [0, 0.05) is 38.8 Å². The third-order valence-electron chi connectivity index (χ3n) is 5.36. The number of amides is 1. The number of hydrogen-bond acceptors (Lipinski definition) is 11. The lowest BCUT2D eigenvalue weighted by Gasteiger charge is -2.35. The van der Waals surface area contributed by atoms with Crippen LogP contribution < -0.4 is 15.5 Å². The Hall–Kier alpha value is -2.92. The summed E-state index contributed by atoms with van der Waals surface area (Å²) in [6.45, 7) is 8.03. The number of piperazine rings is 1. The summed E-state index contributed by atoms with van der Waals surface area (Å²) < 4.78 is 31.6. The summed E-state index contributed by atoms with van der Waals surface area (Å²) in [5, 5.41) is 16.2. The standard InChI is InChI=1S/C22H26ClN7O2S.H2O4S/c1-14-4-3-5-16(23)20(14)28-21(32)17-13-24-22(33-17)27-18-12-19(26-15(2)25-18)30-8-6-29(7-9-30)10-11-31;1-5(2,3)4/h3-5,12-13,31H,6-11H2,1-2H3,(H,28,32)(H,24,25,26,27);(H2,1,2,3,4). The number of nitrogens with one attached hydrogen (secondary N) is 2. The van der Waals surface area contributed by atoms with Gasteiger partial charge in [-0.3, -0.25) is 18.8 Å². The zero-order valence-electron chi connectivity index (χ0n) is 20.6. The number of aliphatic hydroxyl groups is 1. The van der Waals surface area contributed by atoms with Crippen LogP contribution >= 0.6 is 22.9 Å². The number of para-hydroxylation sites is 1. The molecule has 13 nitrogen and oxygen atoms in total. The molecule has 1 aliphatic heterocycles. The molecular formula is C22H28ClN7O6S2. The van der Waals surface area contributed by atoms with E-state index in [1.54, 1.807) is 6.07 Å². The second-order valence-electron chi connectivity index (χ2n) is 8.20. The molecule has 1 saturated heterocycles. The van der Waals surface area contributed by atoms with Gasteiger partial charge in [0.2, 0.25) is 0 Å². The quantitative estimate of drug-likeness (QED) is 0.256. The predicted molar refractivity (Wildman–Crippen MR) is 146 cm³/mol. The number of carbonyl (C=O) groups excluding carboxylic acids is 1. The molecule has 0 atom stereocenters. The molecule has 0 bridgehead atoms. The van der Waals surface area contributed by atoms with Gasteiger partial charge >= 0.3 is 10.4 Å². The molecule has 206 valence electrons. The molecule has 3 heterocycles. The van der Waals surface area contributed by atoms with Crippen molar-refractivity contribution in [2.24, 2.45) is 0 Å². The lowest BCUT2D eigenvalue weighted by atomic mass is 10.2. The Morgan fingerprint density at radius 3 is 2.47 bits per heavy atom. The molecule has 0 aliphatic carbocycles. The van der Waals surface area contributed by atoms with Gasteiger partial charge in [0.1, 0.15) is 22.3 Å². The number of hydrogen-bond donors (Lipinski definition) is 5. The first-order valence-corrected chi connectivity index (χ1v) is 13.9. The largest absolute Gasteiger partial charge is 0.395 e. The number of carbonyl (C=O) groups is 1. The van der Waals surface area contributed by atoms with Gasteiger partial charge in [-0.05, 0) is 25.5 Å². The molecule has 0 radical (unpaired) electrons. The van der Waals surface area contributed by atoms with Crippen molar-refractivity contribution >= 4 is 61.7 Å². The Labute approximate surface area is 229 Å². The molecule has 1 aliphatic rings. The fraction of sp³-hybridized carbons (Fsp3) is 0.364. The van der Waals surface area contributed by atoms with E-state index in [1.165, 1.54) is 17.5 Å². The number of rotatable bonds is 7. The minimum atomic E-state index is -4.67. The molecular weight excluding hydrogens is 558 g/mol. The van der Waals surface area contributed by atoms with E-state index in [0.717, 1.165) is 37.6 Å². The molecule has 0 unspecified atom stereocenters. The Balaban J connectivity index is 0.000000732. The number of aromatic nitrogens is 3. The van der Waals surface area contributed by atoms with E-state index in [0.29, 0.717) is 38.9 Å². The highest BCUT2D eigenvalue weighted by molar-refractivity contribution is 7.79. The summed E-state index contributed by atoms with van der Waals surface area (Å²) >= 11 is 7.46. The Kier molecular flexibility index (Phi) is 10.3. The number of halogens is 1. The monoisotopic (exact) mass is 585 g/mol. The van der Waals surface area contributed by atoms with Crippen LogP contribution in [0.3, 0.4) is 0 Å². The maximum absolute atomic E-state index is 12.7. The number of nitrogens with zero attached hydrogens (tertiary/aromatic N) is 5. The second-order valence-corrected chi connectivity index (χ2v) is 10.5. The molecule has 2 aromatic heterocycles. The van der Waals surface area contributed by atoms with Crippen molar-refractivity contribution < 1.29 is 27.4 Å². The smallest absolute Gasteiger partial charge is 0.394 e. The van der Waals surface area contributed by atoms with Crippen molar-refractivity contribution in [2.75, 3.05) is 54.9 Å². The topological polar surface area (TPSA) is 181 Å². The van der Waals surface area contributed by atoms with Crippen LogP contribution in [-0.2, 0) is 10.4 Å². The number of β-amino-alcohol motifs (C(OH)–C–C–N with tert-alkyl or cyclic N) is 1. The van der Waals surface area contributed by atoms with Crippen molar-refractivity contribution in [2.45, 2.75) is 13.8 Å². The normalized spacial score (nSPS) is 14.0. The van der Waals surface area contributed by atoms with Crippen molar-refractivity contribution in [3.63, 3.8) is 0 Å². The SMILES string of the molecule is Cc1nc(Nc2ncc(C(=O)Nc3c(C)cccc3Cl)s2)cc(N2CCN(CCO)CC2)n1.O=S(=O)(O)O. The fourth-order valence-electron chi connectivity index (χ4n) is 3.63. The van der Waals surface area contributed by atoms with Crippen LogP contribution in [0.15, 0.2) is 30.5 Å². The van der Waals surface area contributed by atoms with Crippen molar-refractivity contribution in [3.8, 4) is 0 Å². The number of anilines is 4. The summed E-state index contributed by atoms with van der Waals surface area (Å²) in [5.74, 6) is 1.85. The summed E-state index contributed by atoms with van der Waals surface area (Å²) in [4.78, 5) is 31.0. The first kappa shape index (κ1) is 29.6. The summed E-state index contributed by atoms with van der Waals surface area (Å²) in [6.07, 6.45) is 1.53. The zero-order chi connectivity index (χ0) is 27.9. The van der Waals surface area contributed by atoms with E-state index in [2.05, 4.69) is 35.4 Å². The molecule has 16 heteroatoms. The number of aryl methyl sites for hydroxylation is 2. The lowest BCUT2D eigenvalue weighted by Crippen LogP contribution is -2.47. The lowest BCUT2D eigenvalue weighted by molar-refractivity contribution is 0.103. The highest BCUT2D eigenvalue weighted by Gasteiger charge is 2.19. The van der Waals surface area contributed by atoms with E-state index in [4.69, 9.17) is 34.2 Å². The summed E-state index contributed by atoms with van der Waals surface area (Å²) in [7, 11) is -4.67. The average molecular weight is 586 g/mol. The van der Waals surface area contributed by atoms with Gasteiger partial charge < -0.3 is 20.6 Å². The van der Waals surface area contributed by atoms with Crippen LogP contribution in [-0.4, -0.2) is 87.7 Å². The van der Waals surface area contributed by atoms with Crippen LogP contribution in [0.25, 0.3) is 0 Å². The van der Waals surface area contributed by atoms with Crippen LogP contribution in [0.2, 0.25) is 5.02 Å². The van der Waals surface area contributed by atoms with E-state index < -0.39 is 10.4 Å². The van der Waals surface area contributed by atoms with E-state index in [1.807, 2.05) is 32.0 Å². The van der Waals surface area contributed by atoms with Crippen LogP contribution in [0.1, 0.15) is 21.1 Å². The maximum Gasteiger partial charge on any atom is 0.394 e. The third-order valence-corrected chi connectivity index (χ3v) is 6.59. The van der Waals surface area contributed by atoms with Gasteiger partial charge in [-0.15, -0.1) is 0 Å². The summed E-state index contributed by atoms with van der Waals surface area (Å²) in [5.41, 5.74) is 1.49. The van der Waals surface area contributed by atoms with Crippen LogP contribution in [0.4, 0.5) is 22.5 Å². The van der Waals surface area contributed by atoms with Gasteiger partial charge in [0.15, 0.2) is 5.13 Å². The molecule has 38 heavy (non-hydrogen) atoms. The van der Waals surface area contributed by atoms with Crippen molar-refractivity contribution in [1.29, 1.82) is 0 Å². The molecule has 0 saturated carbocycles. The van der Waals surface area contributed by atoms with Gasteiger partial charge in [-0.2, -0.15) is 8.42 Å². The Morgan fingerprint density at radius 2 is 1.84 bits per heavy atom. The third kappa shape index (κ3) is 9.13. The molecule has 4 rings (SSSR count). The average Bonchev–Trinajstić information content (AvgIpc) is 3.29. The Morgan fingerprint density at radius 1 is 1.16 bits per heavy atom. The fourth-order valence-corrected chi connectivity index (χ4v) is 4.62. The minimum absolute atomic E-state index is 0.173.